The smallest absolute Gasteiger partial charge is 0.0459 e. The van der Waals surface area contributed by atoms with E-state index in [1.165, 1.54) is 41.4 Å². The molecule has 3 rings (SSSR count). The Morgan fingerprint density at radius 1 is 1.38 bits per heavy atom. The average molecular weight is 214 g/mol. The van der Waals surface area contributed by atoms with Crippen molar-refractivity contribution in [2.24, 2.45) is 0 Å². The lowest BCUT2D eigenvalue weighted by Gasteiger charge is -2.23. The molecule has 0 aliphatic heterocycles. The van der Waals surface area contributed by atoms with Crippen molar-refractivity contribution in [1.82, 2.24) is 10.3 Å². The number of hydrogen-bond acceptors (Lipinski definition) is 1. The van der Waals surface area contributed by atoms with Crippen molar-refractivity contribution in [1.29, 1.82) is 0 Å². The van der Waals surface area contributed by atoms with Gasteiger partial charge in [0.1, 0.15) is 0 Å². The van der Waals surface area contributed by atoms with Crippen LogP contribution in [-0.4, -0.2) is 12.0 Å². The Bertz CT molecular complexity index is 494. The summed E-state index contributed by atoms with van der Waals surface area (Å²) in [6, 6.07) is 8.87. The lowest BCUT2D eigenvalue weighted by atomic mass is 9.83. The van der Waals surface area contributed by atoms with Crippen LogP contribution in [0.1, 0.15) is 36.4 Å². The van der Waals surface area contributed by atoms with Crippen LogP contribution in [0.5, 0.6) is 0 Å². The molecule has 1 aromatic carbocycles. The Labute approximate surface area is 96.1 Å². The summed E-state index contributed by atoms with van der Waals surface area (Å²) < 4.78 is 0. The number of H-pyrrole nitrogens is 1. The minimum atomic E-state index is 0.787. The Morgan fingerprint density at radius 2 is 2.25 bits per heavy atom. The van der Waals surface area contributed by atoms with E-state index in [-0.39, 0.29) is 0 Å². The number of benzene rings is 1. The second-order valence-electron chi connectivity index (χ2n) is 4.76. The van der Waals surface area contributed by atoms with Crippen molar-refractivity contribution in [3.8, 4) is 0 Å². The molecule has 0 saturated heterocycles. The molecule has 0 radical (unpaired) electrons. The van der Waals surface area contributed by atoms with Crippen molar-refractivity contribution in [3.63, 3.8) is 0 Å². The van der Waals surface area contributed by atoms with Crippen LogP contribution in [-0.2, 0) is 6.54 Å². The predicted octanol–water partition coefficient (Wildman–Crippen LogP) is 3.15. The Kier molecular flexibility index (Phi) is 2.44. The fourth-order valence-corrected chi connectivity index (χ4v) is 2.52. The van der Waals surface area contributed by atoms with E-state index in [0.717, 1.165) is 12.5 Å². The molecule has 2 aromatic rings. The molecule has 1 aliphatic rings. The number of rotatable bonds is 3. The van der Waals surface area contributed by atoms with E-state index in [2.05, 4.69) is 34.6 Å². The zero-order chi connectivity index (χ0) is 11.0. The van der Waals surface area contributed by atoms with E-state index in [9.17, 15) is 0 Å². The highest BCUT2D eigenvalue weighted by Gasteiger charge is 2.21. The summed E-state index contributed by atoms with van der Waals surface area (Å²) in [4.78, 5) is 3.57. The largest absolute Gasteiger partial charge is 0.358 e. The molecule has 16 heavy (non-hydrogen) atoms. The maximum Gasteiger partial charge on any atom is 0.0459 e. The van der Waals surface area contributed by atoms with Crippen molar-refractivity contribution >= 4 is 10.9 Å². The van der Waals surface area contributed by atoms with Gasteiger partial charge in [-0.05, 0) is 43.5 Å². The summed E-state index contributed by atoms with van der Waals surface area (Å²) in [5.41, 5.74) is 4.11. The highest BCUT2D eigenvalue weighted by atomic mass is 14.8. The summed E-state index contributed by atoms with van der Waals surface area (Å²) in [5.74, 6) is 0.787. The Hall–Kier alpha value is -1.28. The fourth-order valence-electron chi connectivity index (χ4n) is 2.52. The van der Waals surface area contributed by atoms with Gasteiger partial charge in [0.05, 0.1) is 0 Å². The first-order chi connectivity index (χ1) is 7.88. The third-order valence-corrected chi connectivity index (χ3v) is 3.69. The Morgan fingerprint density at radius 3 is 2.94 bits per heavy atom. The fraction of sp³-hybridized carbons (Fsp3) is 0.429. The number of aromatic nitrogens is 1. The molecular weight excluding hydrogens is 196 g/mol. The molecule has 1 saturated carbocycles. The van der Waals surface area contributed by atoms with Crippen LogP contribution in [0.15, 0.2) is 24.3 Å². The minimum Gasteiger partial charge on any atom is -0.358 e. The van der Waals surface area contributed by atoms with Crippen molar-refractivity contribution in [2.75, 3.05) is 7.05 Å². The predicted molar refractivity (Wildman–Crippen MR) is 67.7 cm³/mol. The van der Waals surface area contributed by atoms with Crippen LogP contribution in [0, 0.1) is 0 Å². The van der Waals surface area contributed by atoms with E-state index in [4.69, 9.17) is 0 Å². The van der Waals surface area contributed by atoms with Crippen LogP contribution in [0.25, 0.3) is 10.9 Å². The van der Waals surface area contributed by atoms with Crippen LogP contribution in [0.3, 0.4) is 0 Å². The maximum absolute atomic E-state index is 3.57. The second kappa shape index (κ2) is 3.95. The molecule has 1 fully saturated rings. The molecule has 2 nitrogen and oxygen atoms in total. The van der Waals surface area contributed by atoms with Crippen molar-refractivity contribution in [3.05, 3.63) is 35.5 Å². The molecule has 1 aromatic heterocycles. The summed E-state index contributed by atoms with van der Waals surface area (Å²) in [5, 5.41) is 4.62. The molecule has 0 atom stereocenters. The normalized spacial score (nSPS) is 16.6. The van der Waals surface area contributed by atoms with Gasteiger partial charge in [0, 0.05) is 23.1 Å². The highest BCUT2D eigenvalue weighted by molar-refractivity contribution is 5.84. The lowest BCUT2D eigenvalue weighted by Crippen LogP contribution is -2.08. The van der Waals surface area contributed by atoms with Crippen molar-refractivity contribution < 1.29 is 0 Å². The van der Waals surface area contributed by atoms with Gasteiger partial charge in [0.15, 0.2) is 0 Å². The van der Waals surface area contributed by atoms with E-state index >= 15 is 0 Å². The van der Waals surface area contributed by atoms with Gasteiger partial charge in [0.25, 0.3) is 0 Å². The van der Waals surface area contributed by atoms with Gasteiger partial charge >= 0.3 is 0 Å². The van der Waals surface area contributed by atoms with E-state index in [1.54, 1.807) is 0 Å². The second-order valence-corrected chi connectivity index (χ2v) is 4.76. The first-order valence-corrected chi connectivity index (χ1v) is 6.13. The standard InChI is InChI=1S/C14H18N2/c1-15-9-11-6-3-7-13-12(11)8-14(16-13)10-4-2-5-10/h3,6-8,10,15-16H,2,4-5,9H2,1H3. The van der Waals surface area contributed by atoms with Crippen LogP contribution in [0.4, 0.5) is 0 Å². The number of fused-ring (bicyclic) bond motifs is 1. The lowest BCUT2D eigenvalue weighted by molar-refractivity contribution is 0.413. The van der Waals surface area contributed by atoms with E-state index in [0.29, 0.717) is 0 Å². The quantitative estimate of drug-likeness (QED) is 0.807. The number of hydrogen-bond donors (Lipinski definition) is 2. The van der Waals surface area contributed by atoms with Crippen LogP contribution in [0.2, 0.25) is 0 Å². The summed E-state index contributed by atoms with van der Waals surface area (Å²) in [6.45, 7) is 0.944. The van der Waals surface area contributed by atoms with E-state index < -0.39 is 0 Å². The van der Waals surface area contributed by atoms with Crippen LogP contribution >= 0.6 is 0 Å². The molecule has 0 amide bonds. The van der Waals surface area contributed by atoms with Gasteiger partial charge in [-0.25, -0.2) is 0 Å². The molecule has 1 heterocycles. The van der Waals surface area contributed by atoms with Gasteiger partial charge in [0.2, 0.25) is 0 Å². The molecule has 0 spiro atoms. The third-order valence-electron chi connectivity index (χ3n) is 3.69. The summed E-state index contributed by atoms with van der Waals surface area (Å²) in [6.07, 6.45) is 4.10. The minimum absolute atomic E-state index is 0.787. The van der Waals surface area contributed by atoms with Gasteiger partial charge in [-0.3, -0.25) is 0 Å². The topological polar surface area (TPSA) is 27.8 Å². The molecule has 84 valence electrons. The van der Waals surface area contributed by atoms with Gasteiger partial charge < -0.3 is 10.3 Å². The molecule has 0 bridgehead atoms. The summed E-state index contributed by atoms with van der Waals surface area (Å²) in [7, 11) is 2.00. The summed E-state index contributed by atoms with van der Waals surface area (Å²) >= 11 is 0. The molecule has 2 N–H and O–H groups in total. The van der Waals surface area contributed by atoms with Gasteiger partial charge in [-0.15, -0.1) is 0 Å². The van der Waals surface area contributed by atoms with E-state index in [1.807, 2.05) is 7.05 Å². The maximum atomic E-state index is 3.57. The number of aromatic amines is 1. The zero-order valence-corrected chi connectivity index (χ0v) is 9.72. The average Bonchev–Trinajstić information content (AvgIpc) is 2.59. The zero-order valence-electron chi connectivity index (χ0n) is 9.72. The van der Waals surface area contributed by atoms with Gasteiger partial charge in [-0.1, -0.05) is 18.6 Å². The van der Waals surface area contributed by atoms with Crippen LogP contribution < -0.4 is 5.32 Å². The first-order valence-electron chi connectivity index (χ1n) is 6.13. The van der Waals surface area contributed by atoms with Crippen molar-refractivity contribution in [2.45, 2.75) is 31.7 Å². The molecule has 0 unspecified atom stereocenters. The Balaban J connectivity index is 2.05. The SMILES string of the molecule is CNCc1cccc2[nH]c(C3CCC3)cc12. The third kappa shape index (κ3) is 1.54. The number of nitrogens with one attached hydrogen (secondary N) is 2. The monoisotopic (exact) mass is 214 g/mol. The highest BCUT2D eigenvalue weighted by Crippen LogP contribution is 2.37. The molecule has 2 heteroatoms. The first kappa shape index (κ1) is 9.91. The molecular formula is C14H18N2. The molecule has 1 aliphatic carbocycles. The van der Waals surface area contributed by atoms with Gasteiger partial charge in [-0.2, -0.15) is 0 Å².